The van der Waals surface area contributed by atoms with Crippen molar-refractivity contribution in [1.29, 1.82) is 0 Å². The summed E-state index contributed by atoms with van der Waals surface area (Å²) in [6.07, 6.45) is 11.1. The first-order valence-electron chi connectivity index (χ1n) is 8.78. The Kier molecular flexibility index (Phi) is 4.19. The second-order valence-electron chi connectivity index (χ2n) is 6.73. The molecule has 0 aromatic carbocycles. The third kappa shape index (κ3) is 2.88. The van der Waals surface area contributed by atoms with Gasteiger partial charge < -0.3 is 15.2 Å². The van der Waals surface area contributed by atoms with Crippen LogP contribution in [0.5, 0.6) is 0 Å². The van der Waals surface area contributed by atoms with Gasteiger partial charge in [-0.1, -0.05) is 12.8 Å². The largest absolute Gasteiger partial charge is 0.364 e. The molecule has 0 unspecified atom stereocenters. The van der Waals surface area contributed by atoms with Gasteiger partial charge in [0.1, 0.15) is 6.04 Å². The van der Waals surface area contributed by atoms with Crippen LogP contribution in [0.1, 0.15) is 37.8 Å². The third-order valence-electron chi connectivity index (χ3n) is 5.29. The molecule has 2 aliphatic rings. The van der Waals surface area contributed by atoms with E-state index < -0.39 is 0 Å². The molecule has 0 spiro atoms. The van der Waals surface area contributed by atoms with Crippen LogP contribution < -0.4 is 10.2 Å². The molecule has 3 heterocycles. The molecule has 6 heteroatoms. The molecule has 2 N–H and O–H groups in total. The van der Waals surface area contributed by atoms with Gasteiger partial charge in [-0.05, 0) is 43.4 Å². The van der Waals surface area contributed by atoms with E-state index in [1.54, 1.807) is 12.4 Å². The van der Waals surface area contributed by atoms with E-state index in [9.17, 15) is 4.79 Å². The van der Waals surface area contributed by atoms with Gasteiger partial charge in [-0.2, -0.15) is 0 Å². The van der Waals surface area contributed by atoms with Crippen LogP contribution >= 0.6 is 0 Å². The van der Waals surface area contributed by atoms with Crippen LogP contribution in [0.15, 0.2) is 36.8 Å². The average Bonchev–Trinajstić information content (AvgIpc) is 3.28. The van der Waals surface area contributed by atoms with Gasteiger partial charge in [-0.25, -0.2) is 9.97 Å². The van der Waals surface area contributed by atoms with Crippen LogP contribution in [0, 0.1) is 5.92 Å². The van der Waals surface area contributed by atoms with Crippen LogP contribution in [-0.4, -0.2) is 32.9 Å². The molecule has 4 rings (SSSR count). The SMILES string of the molecule is O=C(NCc1ccc[nH]1)[C@@H]1C[C@@H]2CCCC[C@@H]2N1c1ncccn1. The Morgan fingerprint density at radius 3 is 2.88 bits per heavy atom. The number of carbonyl (C=O) groups excluding carboxylic acids is 1. The topological polar surface area (TPSA) is 73.9 Å². The van der Waals surface area contributed by atoms with Gasteiger partial charge in [-0.15, -0.1) is 0 Å². The third-order valence-corrected chi connectivity index (χ3v) is 5.29. The summed E-state index contributed by atoms with van der Waals surface area (Å²) in [7, 11) is 0. The number of nitrogens with zero attached hydrogens (tertiary/aromatic N) is 3. The normalized spacial score (nSPS) is 26.2. The van der Waals surface area contributed by atoms with Gasteiger partial charge in [0, 0.05) is 30.3 Å². The molecular weight excluding hydrogens is 302 g/mol. The van der Waals surface area contributed by atoms with Crippen LogP contribution in [0.2, 0.25) is 0 Å². The van der Waals surface area contributed by atoms with E-state index in [1.807, 2.05) is 24.4 Å². The molecule has 3 atom stereocenters. The Labute approximate surface area is 141 Å². The quantitative estimate of drug-likeness (QED) is 0.904. The second kappa shape index (κ2) is 6.63. The van der Waals surface area contributed by atoms with Gasteiger partial charge in [0.05, 0.1) is 6.54 Å². The fraction of sp³-hybridized carbons (Fsp3) is 0.500. The van der Waals surface area contributed by atoms with Gasteiger partial charge in [0.15, 0.2) is 0 Å². The van der Waals surface area contributed by atoms with Crippen molar-refractivity contribution in [1.82, 2.24) is 20.3 Å². The number of fused-ring (bicyclic) bond motifs is 1. The summed E-state index contributed by atoms with van der Waals surface area (Å²) in [5.41, 5.74) is 1.02. The molecular formula is C18H23N5O. The maximum atomic E-state index is 12.8. The van der Waals surface area contributed by atoms with E-state index in [0.717, 1.165) is 18.5 Å². The summed E-state index contributed by atoms with van der Waals surface area (Å²) < 4.78 is 0. The minimum absolute atomic E-state index is 0.0754. The zero-order valence-electron chi connectivity index (χ0n) is 13.7. The molecule has 1 saturated heterocycles. The van der Waals surface area contributed by atoms with Crippen molar-refractivity contribution in [2.24, 2.45) is 5.92 Å². The van der Waals surface area contributed by atoms with E-state index in [-0.39, 0.29) is 11.9 Å². The van der Waals surface area contributed by atoms with Gasteiger partial charge in [0.25, 0.3) is 0 Å². The second-order valence-corrected chi connectivity index (χ2v) is 6.73. The van der Waals surface area contributed by atoms with E-state index in [2.05, 4.69) is 25.2 Å². The molecule has 6 nitrogen and oxygen atoms in total. The number of amides is 1. The maximum Gasteiger partial charge on any atom is 0.243 e. The van der Waals surface area contributed by atoms with E-state index in [4.69, 9.17) is 0 Å². The summed E-state index contributed by atoms with van der Waals surface area (Å²) in [6, 6.07) is 5.96. The lowest BCUT2D eigenvalue weighted by atomic mass is 9.85. The number of rotatable bonds is 4. The number of nitrogens with one attached hydrogen (secondary N) is 2. The smallest absolute Gasteiger partial charge is 0.243 e. The van der Waals surface area contributed by atoms with Crippen molar-refractivity contribution >= 4 is 11.9 Å². The zero-order valence-corrected chi connectivity index (χ0v) is 13.7. The first kappa shape index (κ1) is 15.2. The molecule has 2 fully saturated rings. The number of aromatic amines is 1. The van der Waals surface area contributed by atoms with E-state index >= 15 is 0 Å². The molecule has 0 radical (unpaired) electrons. The highest BCUT2D eigenvalue weighted by molar-refractivity contribution is 5.85. The molecule has 24 heavy (non-hydrogen) atoms. The van der Waals surface area contributed by atoms with Crippen LogP contribution in [-0.2, 0) is 11.3 Å². The number of H-pyrrole nitrogens is 1. The number of aromatic nitrogens is 3. The summed E-state index contributed by atoms with van der Waals surface area (Å²) in [5.74, 6) is 1.34. The minimum atomic E-state index is -0.171. The van der Waals surface area contributed by atoms with Gasteiger partial charge >= 0.3 is 0 Å². The minimum Gasteiger partial charge on any atom is -0.364 e. The molecule has 1 aliphatic heterocycles. The fourth-order valence-corrected chi connectivity index (χ4v) is 4.18. The van der Waals surface area contributed by atoms with E-state index in [0.29, 0.717) is 24.5 Å². The Hall–Kier alpha value is -2.37. The lowest BCUT2D eigenvalue weighted by Crippen LogP contribution is -2.47. The van der Waals surface area contributed by atoms with Gasteiger partial charge in [-0.3, -0.25) is 4.79 Å². The maximum absolute atomic E-state index is 12.8. The molecule has 1 aliphatic carbocycles. The van der Waals surface area contributed by atoms with Gasteiger partial charge in [0.2, 0.25) is 11.9 Å². The van der Waals surface area contributed by atoms with Crippen LogP contribution in [0.3, 0.4) is 0 Å². The van der Waals surface area contributed by atoms with Crippen molar-refractivity contribution < 1.29 is 4.79 Å². The number of hydrogen-bond acceptors (Lipinski definition) is 4. The summed E-state index contributed by atoms with van der Waals surface area (Å²) in [4.78, 5) is 27.0. The lowest BCUT2D eigenvalue weighted by Gasteiger charge is -2.33. The van der Waals surface area contributed by atoms with E-state index in [1.165, 1.54) is 19.3 Å². The number of anilines is 1. The standard InChI is InChI=1S/C18H23N5O/c24-17(22-12-14-6-3-8-19-14)16-11-13-5-1-2-7-15(13)23(16)18-20-9-4-10-21-18/h3-4,6,8-10,13,15-16,19H,1-2,5,7,11-12H2,(H,22,24)/t13-,15-,16-/m0/s1. The lowest BCUT2D eigenvalue weighted by molar-refractivity contribution is -0.122. The number of carbonyl (C=O) groups is 1. The molecule has 2 aromatic heterocycles. The molecule has 1 saturated carbocycles. The Morgan fingerprint density at radius 1 is 1.25 bits per heavy atom. The molecule has 126 valence electrons. The Morgan fingerprint density at radius 2 is 2.08 bits per heavy atom. The molecule has 2 aromatic rings. The predicted molar refractivity (Wildman–Crippen MR) is 91.3 cm³/mol. The first-order valence-corrected chi connectivity index (χ1v) is 8.78. The molecule has 1 amide bonds. The highest BCUT2D eigenvalue weighted by atomic mass is 16.2. The average molecular weight is 325 g/mol. The number of hydrogen-bond donors (Lipinski definition) is 2. The highest BCUT2D eigenvalue weighted by Gasteiger charge is 2.46. The van der Waals surface area contributed by atoms with Crippen molar-refractivity contribution in [3.05, 3.63) is 42.5 Å². The van der Waals surface area contributed by atoms with Crippen LogP contribution in [0.25, 0.3) is 0 Å². The Bertz CT molecular complexity index is 672. The summed E-state index contributed by atoms with van der Waals surface area (Å²) in [6.45, 7) is 0.529. The zero-order chi connectivity index (χ0) is 16.4. The van der Waals surface area contributed by atoms with Crippen LogP contribution in [0.4, 0.5) is 5.95 Å². The summed E-state index contributed by atoms with van der Waals surface area (Å²) in [5, 5.41) is 3.07. The van der Waals surface area contributed by atoms with Crippen molar-refractivity contribution in [3.8, 4) is 0 Å². The monoisotopic (exact) mass is 325 g/mol. The van der Waals surface area contributed by atoms with Crippen molar-refractivity contribution in [2.45, 2.75) is 50.7 Å². The first-order chi connectivity index (χ1) is 11.8. The Balaban J connectivity index is 1.54. The van der Waals surface area contributed by atoms with Crippen molar-refractivity contribution in [2.75, 3.05) is 4.90 Å². The van der Waals surface area contributed by atoms with Crippen molar-refractivity contribution in [3.63, 3.8) is 0 Å². The highest BCUT2D eigenvalue weighted by Crippen LogP contribution is 2.41. The predicted octanol–water partition coefficient (Wildman–Crippen LogP) is 2.26. The fourth-order valence-electron chi connectivity index (χ4n) is 4.18. The summed E-state index contributed by atoms with van der Waals surface area (Å²) >= 11 is 0. The molecule has 0 bridgehead atoms.